The van der Waals surface area contributed by atoms with Gasteiger partial charge in [-0.3, -0.25) is 10.1 Å². The number of nitrogens with one attached hydrogen (secondary N) is 1. The molecule has 94 valence electrons. The summed E-state index contributed by atoms with van der Waals surface area (Å²) in [4.78, 5) is 10.2. The molecule has 3 unspecified atom stereocenters. The first-order valence-electron chi connectivity index (χ1n) is 6.02. The largest absolute Gasteiger partial charge is 0.380 e. The Balaban J connectivity index is 1.73. The molecule has 0 saturated heterocycles. The number of halogens is 1. The molecule has 0 heterocycles. The van der Waals surface area contributed by atoms with Crippen molar-refractivity contribution >= 4 is 23.0 Å². The molecule has 2 aliphatic rings. The van der Waals surface area contributed by atoms with Crippen LogP contribution < -0.4 is 5.32 Å². The fraction of sp³-hybridized carbons (Fsp3) is 0.385. The van der Waals surface area contributed by atoms with Crippen molar-refractivity contribution in [2.45, 2.75) is 18.9 Å². The van der Waals surface area contributed by atoms with Crippen LogP contribution in [-0.4, -0.2) is 11.0 Å². The van der Waals surface area contributed by atoms with Crippen LogP contribution in [0.1, 0.15) is 12.8 Å². The van der Waals surface area contributed by atoms with Crippen LogP contribution in [0.15, 0.2) is 30.4 Å². The highest BCUT2D eigenvalue weighted by Gasteiger charge is 2.41. The molecule has 0 radical (unpaired) electrons. The first kappa shape index (κ1) is 11.5. The van der Waals surface area contributed by atoms with Gasteiger partial charge < -0.3 is 5.32 Å². The first-order valence-corrected chi connectivity index (χ1v) is 6.40. The summed E-state index contributed by atoms with van der Waals surface area (Å²) >= 11 is 6.06. The van der Waals surface area contributed by atoms with E-state index in [9.17, 15) is 10.1 Å². The highest BCUT2D eigenvalue weighted by Crippen LogP contribution is 2.44. The Bertz CT molecular complexity index is 530. The molecular weight excluding hydrogens is 252 g/mol. The lowest BCUT2D eigenvalue weighted by atomic mass is 9.71. The zero-order valence-corrected chi connectivity index (χ0v) is 10.4. The second kappa shape index (κ2) is 4.28. The lowest BCUT2D eigenvalue weighted by molar-refractivity contribution is -0.384. The van der Waals surface area contributed by atoms with Crippen LogP contribution in [0.5, 0.6) is 0 Å². The Morgan fingerprint density at radius 3 is 2.94 bits per heavy atom. The van der Waals surface area contributed by atoms with Crippen molar-refractivity contribution in [3.8, 4) is 0 Å². The maximum absolute atomic E-state index is 10.6. The minimum atomic E-state index is -0.436. The number of allylic oxidation sites excluding steroid dienone is 1. The van der Waals surface area contributed by atoms with Crippen molar-refractivity contribution in [1.29, 1.82) is 0 Å². The fourth-order valence-electron chi connectivity index (χ4n) is 2.82. The van der Waals surface area contributed by atoms with Gasteiger partial charge in [-0.1, -0.05) is 23.8 Å². The molecule has 3 atom stereocenters. The number of fused-ring (bicyclic) bond motifs is 1. The number of hydrogen-bond acceptors (Lipinski definition) is 3. The van der Waals surface area contributed by atoms with Gasteiger partial charge in [0.05, 0.1) is 15.6 Å². The molecule has 0 amide bonds. The number of anilines is 1. The number of benzene rings is 1. The van der Waals surface area contributed by atoms with Crippen LogP contribution in [0.3, 0.4) is 0 Å². The Hall–Kier alpha value is -1.55. The van der Waals surface area contributed by atoms with Crippen LogP contribution in [-0.2, 0) is 0 Å². The average Bonchev–Trinajstić information content (AvgIpc) is 2.69. The molecule has 4 nitrogen and oxygen atoms in total. The molecule has 1 fully saturated rings. The van der Waals surface area contributed by atoms with Crippen molar-refractivity contribution < 1.29 is 4.92 Å². The summed E-state index contributed by atoms with van der Waals surface area (Å²) < 4.78 is 0. The third-order valence-electron chi connectivity index (χ3n) is 3.87. The number of hydrogen-bond donors (Lipinski definition) is 1. The van der Waals surface area contributed by atoms with E-state index in [4.69, 9.17) is 11.6 Å². The number of nitro benzene ring substituents is 1. The minimum Gasteiger partial charge on any atom is -0.380 e. The molecule has 0 spiro atoms. The molecule has 1 saturated carbocycles. The predicted molar refractivity (Wildman–Crippen MR) is 70.9 cm³/mol. The Kier molecular flexibility index (Phi) is 2.74. The summed E-state index contributed by atoms with van der Waals surface area (Å²) in [5.74, 6) is 1.37. The molecule has 0 bridgehead atoms. The van der Waals surface area contributed by atoms with Gasteiger partial charge in [-0.15, -0.1) is 0 Å². The van der Waals surface area contributed by atoms with Gasteiger partial charge in [0.15, 0.2) is 0 Å². The van der Waals surface area contributed by atoms with Crippen LogP contribution in [0, 0.1) is 22.0 Å². The van der Waals surface area contributed by atoms with E-state index in [2.05, 4.69) is 17.5 Å². The SMILES string of the molecule is O=[N+]([O-])c1ccc(NC2CC3CC=CC32)c(Cl)c1. The molecule has 3 rings (SSSR count). The summed E-state index contributed by atoms with van der Waals surface area (Å²) in [6, 6.07) is 4.97. The molecule has 0 aromatic heterocycles. The van der Waals surface area contributed by atoms with Crippen LogP contribution in [0.25, 0.3) is 0 Å². The second-order valence-electron chi connectivity index (χ2n) is 4.91. The summed E-state index contributed by atoms with van der Waals surface area (Å²) in [6.45, 7) is 0. The molecule has 18 heavy (non-hydrogen) atoms. The van der Waals surface area contributed by atoms with E-state index in [-0.39, 0.29) is 5.69 Å². The maximum atomic E-state index is 10.6. The van der Waals surface area contributed by atoms with E-state index in [0.29, 0.717) is 17.0 Å². The fourth-order valence-corrected chi connectivity index (χ4v) is 3.05. The topological polar surface area (TPSA) is 55.2 Å². The van der Waals surface area contributed by atoms with Gasteiger partial charge in [0.25, 0.3) is 5.69 Å². The highest BCUT2D eigenvalue weighted by atomic mass is 35.5. The van der Waals surface area contributed by atoms with E-state index in [0.717, 1.165) is 18.0 Å². The summed E-state index contributed by atoms with van der Waals surface area (Å²) in [6.07, 6.45) is 6.81. The lowest BCUT2D eigenvalue weighted by Gasteiger charge is -2.41. The third kappa shape index (κ3) is 1.86. The summed E-state index contributed by atoms with van der Waals surface area (Å²) in [5, 5.41) is 14.4. The minimum absolute atomic E-state index is 0.0257. The van der Waals surface area contributed by atoms with E-state index in [1.54, 1.807) is 6.07 Å². The number of nitrogens with zero attached hydrogens (tertiary/aromatic N) is 1. The Labute approximate surface area is 110 Å². The van der Waals surface area contributed by atoms with Gasteiger partial charge in [-0.2, -0.15) is 0 Å². The third-order valence-corrected chi connectivity index (χ3v) is 4.18. The molecule has 2 aliphatic carbocycles. The molecule has 1 aromatic rings. The monoisotopic (exact) mass is 264 g/mol. The van der Waals surface area contributed by atoms with Crippen molar-refractivity contribution in [2.24, 2.45) is 11.8 Å². The van der Waals surface area contributed by atoms with Gasteiger partial charge in [-0.05, 0) is 24.8 Å². The zero-order chi connectivity index (χ0) is 12.7. The molecule has 1 N–H and O–H groups in total. The molecular formula is C13H13ClN2O2. The number of non-ortho nitro benzene ring substituents is 1. The van der Waals surface area contributed by atoms with Crippen molar-refractivity contribution in [3.63, 3.8) is 0 Å². The van der Waals surface area contributed by atoms with Crippen LogP contribution in [0.2, 0.25) is 5.02 Å². The Morgan fingerprint density at radius 2 is 2.28 bits per heavy atom. The van der Waals surface area contributed by atoms with Gasteiger partial charge in [0, 0.05) is 24.1 Å². The second-order valence-corrected chi connectivity index (χ2v) is 5.32. The van der Waals surface area contributed by atoms with Crippen molar-refractivity contribution in [2.75, 3.05) is 5.32 Å². The van der Waals surface area contributed by atoms with Crippen molar-refractivity contribution in [3.05, 3.63) is 45.5 Å². The molecule has 5 heteroatoms. The molecule has 0 aliphatic heterocycles. The zero-order valence-electron chi connectivity index (χ0n) is 9.67. The van der Waals surface area contributed by atoms with Gasteiger partial charge in [0.1, 0.15) is 0 Å². The van der Waals surface area contributed by atoms with Gasteiger partial charge >= 0.3 is 0 Å². The van der Waals surface area contributed by atoms with Gasteiger partial charge in [-0.25, -0.2) is 0 Å². The number of nitro groups is 1. The standard InChI is InChI=1S/C13H13ClN2O2/c14-11-7-9(16(17)18)4-5-12(11)15-13-6-8-2-1-3-10(8)13/h1,3-5,7-8,10,13,15H,2,6H2. The van der Waals surface area contributed by atoms with E-state index in [1.165, 1.54) is 18.6 Å². The summed E-state index contributed by atoms with van der Waals surface area (Å²) in [7, 11) is 0. The summed E-state index contributed by atoms with van der Waals surface area (Å²) in [5.41, 5.74) is 0.809. The molecule has 1 aromatic carbocycles. The van der Waals surface area contributed by atoms with Gasteiger partial charge in [0.2, 0.25) is 0 Å². The first-order chi connectivity index (χ1) is 8.65. The van der Waals surface area contributed by atoms with Crippen LogP contribution >= 0.6 is 11.6 Å². The van der Waals surface area contributed by atoms with E-state index in [1.807, 2.05) is 0 Å². The van der Waals surface area contributed by atoms with E-state index < -0.39 is 4.92 Å². The van der Waals surface area contributed by atoms with E-state index >= 15 is 0 Å². The highest BCUT2D eigenvalue weighted by molar-refractivity contribution is 6.33. The maximum Gasteiger partial charge on any atom is 0.271 e. The predicted octanol–water partition coefficient (Wildman–Crippen LogP) is 3.62. The normalized spacial score (nSPS) is 28.6. The average molecular weight is 265 g/mol. The lowest BCUT2D eigenvalue weighted by Crippen LogP contribution is -2.43. The van der Waals surface area contributed by atoms with Crippen molar-refractivity contribution in [1.82, 2.24) is 0 Å². The quantitative estimate of drug-likeness (QED) is 0.515. The Morgan fingerprint density at radius 1 is 1.44 bits per heavy atom. The number of rotatable bonds is 3. The smallest absolute Gasteiger partial charge is 0.271 e. The van der Waals surface area contributed by atoms with Crippen LogP contribution in [0.4, 0.5) is 11.4 Å².